The Kier molecular flexibility index (Phi) is 4.90. The Morgan fingerprint density at radius 2 is 1.92 bits per heavy atom. The normalized spacial score (nSPS) is 10.3. The molecule has 0 aliphatic heterocycles. The molecule has 0 aliphatic rings. The van der Waals surface area contributed by atoms with Crippen molar-refractivity contribution < 1.29 is 9.59 Å². The Morgan fingerprint density at radius 1 is 1.12 bits per heavy atom. The number of thiophene rings is 1. The van der Waals surface area contributed by atoms with Gasteiger partial charge < -0.3 is 10.2 Å². The van der Waals surface area contributed by atoms with Crippen molar-refractivity contribution >= 4 is 34.7 Å². The van der Waals surface area contributed by atoms with Gasteiger partial charge in [0.1, 0.15) is 5.82 Å². The predicted molar refractivity (Wildman–Crippen MR) is 100 cm³/mol. The topological polar surface area (TPSA) is 62.3 Å². The first-order valence-corrected chi connectivity index (χ1v) is 8.59. The summed E-state index contributed by atoms with van der Waals surface area (Å²) in [6.45, 7) is 1.93. The molecule has 1 N–H and O–H groups in total. The predicted octanol–water partition coefficient (Wildman–Crippen LogP) is 3.98. The molecule has 0 aliphatic carbocycles. The first-order valence-electron chi connectivity index (χ1n) is 7.71. The first-order chi connectivity index (χ1) is 12.1. The van der Waals surface area contributed by atoms with Crippen LogP contribution in [-0.4, -0.2) is 23.8 Å². The van der Waals surface area contributed by atoms with E-state index < -0.39 is 0 Å². The van der Waals surface area contributed by atoms with E-state index >= 15 is 0 Å². The van der Waals surface area contributed by atoms with Gasteiger partial charge in [-0.3, -0.25) is 9.59 Å². The standard InChI is InChI=1S/C19H17N3O2S/c1-13-9-10-20-17(12-13)21-18(23)14-6-3-4-7-15(14)22(2)19(24)16-8-5-11-25-16/h3-12H,1-2H3,(H,20,21,23). The number of nitrogens with zero attached hydrogens (tertiary/aromatic N) is 2. The van der Waals surface area contributed by atoms with Gasteiger partial charge >= 0.3 is 0 Å². The van der Waals surface area contributed by atoms with E-state index in [9.17, 15) is 9.59 Å². The molecule has 0 unspecified atom stereocenters. The zero-order chi connectivity index (χ0) is 17.8. The van der Waals surface area contributed by atoms with E-state index in [4.69, 9.17) is 0 Å². The largest absolute Gasteiger partial charge is 0.310 e. The zero-order valence-corrected chi connectivity index (χ0v) is 14.7. The molecule has 2 heterocycles. The Hall–Kier alpha value is -2.99. The third-order valence-electron chi connectivity index (χ3n) is 3.70. The van der Waals surface area contributed by atoms with Gasteiger partial charge in [-0.25, -0.2) is 4.98 Å². The number of pyridine rings is 1. The number of rotatable bonds is 4. The Bertz CT molecular complexity index is 907. The molecule has 126 valence electrons. The van der Waals surface area contributed by atoms with Gasteiger partial charge in [-0.2, -0.15) is 0 Å². The molecule has 2 amide bonds. The van der Waals surface area contributed by atoms with Crippen LogP contribution in [-0.2, 0) is 0 Å². The van der Waals surface area contributed by atoms with Crippen molar-refractivity contribution in [2.24, 2.45) is 0 Å². The van der Waals surface area contributed by atoms with Crippen LogP contribution < -0.4 is 10.2 Å². The fourth-order valence-electron chi connectivity index (χ4n) is 2.42. The van der Waals surface area contributed by atoms with Crippen LogP contribution in [0.2, 0.25) is 0 Å². The maximum absolute atomic E-state index is 12.7. The maximum Gasteiger partial charge on any atom is 0.268 e. The molecule has 0 spiro atoms. The minimum absolute atomic E-state index is 0.149. The van der Waals surface area contributed by atoms with Crippen LogP contribution in [0.3, 0.4) is 0 Å². The molecule has 0 radical (unpaired) electrons. The maximum atomic E-state index is 12.7. The van der Waals surface area contributed by atoms with Crippen molar-refractivity contribution in [2.75, 3.05) is 17.3 Å². The number of aryl methyl sites for hydroxylation is 1. The monoisotopic (exact) mass is 351 g/mol. The van der Waals surface area contributed by atoms with E-state index in [1.54, 1.807) is 49.6 Å². The van der Waals surface area contributed by atoms with E-state index in [1.807, 2.05) is 24.4 Å². The van der Waals surface area contributed by atoms with Crippen molar-refractivity contribution in [1.29, 1.82) is 0 Å². The SMILES string of the molecule is Cc1ccnc(NC(=O)c2ccccc2N(C)C(=O)c2cccs2)c1. The van der Waals surface area contributed by atoms with Crippen molar-refractivity contribution in [3.8, 4) is 0 Å². The molecule has 0 fully saturated rings. The van der Waals surface area contributed by atoms with E-state index in [0.29, 0.717) is 21.9 Å². The summed E-state index contributed by atoms with van der Waals surface area (Å²) in [6.07, 6.45) is 1.64. The number of aromatic nitrogens is 1. The van der Waals surface area contributed by atoms with Crippen molar-refractivity contribution in [2.45, 2.75) is 6.92 Å². The van der Waals surface area contributed by atoms with Gasteiger partial charge in [0, 0.05) is 13.2 Å². The lowest BCUT2D eigenvalue weighted by Crippen LogP contribution is -2.28. The summed E-state index contributed by atoms with van der Waals surface area (Å²) in [5, 5.41) is 4.63. The fraction of sp³-hybridized carbons (Fsp3) is 0.105. The van der Waals surface area contributed by atoms with Crippen LogP contribution >= 0.6 is 11.3 Å². The number of carbonyl (C=O) groups excluding carboxylic acids is 2. The second-order valence-corrected chi connectivity index (χ2v) is 6.48. The second-order valence-electron chi connectivity index (χ2n) is 5.53. The van der Waals surface area contributed by atoms with Gasteiger partial charge in [-0.15, -0.1) is 11.3 Å². The minimum atomic E-state index is -0.306. The van der Waals surface area contributed by atoms with Crippen LogP contribution in [0, 0.1) is 6.92 Å². The fourth-order valence-corrected chi connectivity index (χ4v) is 3.12. The molecule has 25 heavy (non-hydrogen) atoms. The summed E-state index contributed by atoms with van der Waals surface area (Å²) in [6, 6.07) is 14.3. The Labute approximate surface area is 149 Å². The number of amides is 2. The van der Waals surface area contributed by atoms with Crippen LogP contribution in [0.5, 0.6) is 0 Å². The third-order valence-corrected chi connectivity index (χ3v) is 4.56. The summed E-state index contributed by atoms with van der Waals surface area (Å²) in [5.41, 5.74) is 1.97. The molecule has 2 aromatic heterocycles. The minimum Gasteiger partial charge on any atom is -0.310 e. The van der Waals surface area contributed by atoms with E-state index in [0.717, 1.165) is 5.56 Å². The molecule has 1 aromatic carbocycles. The molecule has 3 rings (SSSR count). The van der Waals surface area contributed by atoms with Crippen molar-refractivity contribution in [1.82, 2.24) is 4.98 Å². The Morgan fingerprint density at radius 3 is 2.64 bits per heavy atom. The molecule has 0 saturated carbocycles. The number of hydrogen-bond donors (Lipinski definition) is 1. The highest BCUT2D eigenvalue weighted by Crippen LogP contribution is 2.23. The van der Waals surface area contributed by atoms with Gasteiger partial charge in [-0.1, -0.05) is 18.2 Å². The number of carbonyl (C=O) groups is 2. The lowest BCUT2D eigenvalue weighted by molar-refractivity contribution is 0.0996. The molecule has 6 heteroatoms. The van der Waals surface area contributed by atoms with E-state index in [1.165, 1.54) is 16.2 Å². The highest BCUT2D eigenvalue weighted by Gasteiger charge is 2.20. The molecular weight excluding hydrogens is 334 g/mol. The molecule has 5 nitrogen and oxygen atoms in total. The number of anilines is 2. The summed E-state index contributed by atoms with van der Waals surface area (Å²) in [4.78, 5) is 31.5. The average molecular weight is 351 g/mol. The van der Waals surface area contributed by atoms with Gasteiger partial charge in [-0.05, 0) is 48.2 Å². The van der Waals surface area contributed by atoms with Crippen LogP contribution in [0.1, 0.15) is 25.6 Å². The van der Waals surface area contributed by atoms with Gasteiger partial charge in [0.15, 0.2) is 0 Å². The molecule has 3 aromatic rings. The van der Waals surface area contributed by atoms with Crippen LogP contribution in [0.4, 0.5) is 11.5 Å². The van der Waals surface area contributed by atoms with Gasteiger partial charge in [0.2, 0.25) is 0 Å². The highest BCUT2D eigenvalue weighted by atomic mass is 32.1. The third kappa shape index (κ3) is 3.75. The average Bonchev–Trinajstić information content (AvgIpc) is 3.15. The quantitative estimate of drug-likeness (QED) is 0.773. The van der Waals surface area contributed by atoms with Gasteiger partial charge in [0.25, 0.3) is 11.8 Å². The number of hydrogen-bond acceptors (Lipinski definition) is 4. The summed E-state index contributed by atoms with van der Waals surface area (Å²) < 4.78 is 0. The lowest BCUT2D eigenvalue weighted by atomic mass is 10.1. The summed E-state index contributed by atoms with van der Waals surface area (Å²) >= 11 is 1.37. The van der Waals surface area contributed by atoms with Crippen molar-refractivity contribution in [3.63, 3.8) is 0 Å². The number of benzene rings is 1. The lowest BCUT2D eigenvalue weighted by Gasteiger charge is -2.19. The first kappa shape index (κ1) is 16.9. The smallest absolute Gasteiger partial charge is 0.268 e. The highest BCUT2D eigenvalue weighted by molar-refractivity contribution is 7.12. The molecule has 0 bridgehead atoms. The van der Waals surface area contributed by atoms with E-state index in [2.05, 4.69) is 10.3 Å². The van der Waals surface area contributed by atoms with Crippen molar-refractivity contribution in [3.05, 3.63) is 76.1 Å². The molecular formula is C19H17N3O2S. The number of nitrogens with one attached hydrogen (secondary N) is 1. The summed E-state index contributed by atoms with van der Waals surface area (Å²) in [5.74, 6) is 0.0236. The van der Waals surface area contributed by atoms with Gasteiger partial charge in [0.05, 0.1) is 16.1 Å². The molecule has 0 saturated heterocycles. The number of para-hydroxylation sites is 1. The molecule has 0 atom stereocenters. The van der Waals surface area contributed by atoms with Crippen LogP contribution in [0.15, 0.2) is 60.1 Å². The van der Waals surface area contributed by atoms with E-state index in [-0.39, 0.29) is 11.8 Å². The second kappa shape index (κ2) is 7.27. The van der Waals surface area contributed by atoms with Crippen LogP contribution in [0.25, 0.3) is 0 Å². The summed E-state index contributed by atoms with van der Waals surface area (Å²) in [7, 11) is 1.67. The zero-order valence-electron chi connectivity index (χ0n) is 13.9. The Balaban J connectivity index is 1.87.